The van der Waals surface area contributed by atoms with Crippen molar-refractivity contribution in [3.8, 4) is 22.4 Å². The number of anilines is 6. The Labute approximate surface area is 379 Å². The van der Waals surface area contributed by atoms with Crippen LogP contribution in [0.4, 0.5) is 38.9 Å². The minimum Gasteiger partial charge on any atom is -0.378 e. The lowest BCUT2D eigenvalue weighted by atomic mass is 9.98. The number of hydrogen-bond acceptors (Lipinski definition) is 10. The molecule has 0 radical (unpaired) electrons. The molecule has 4 heterocycles. The van der Waals surface area contributed by atoms with Crippen LogP contribution < -0.4 is 20.9 Å². The number of likely N-dealkylation sites (N-methyl/N-ethyl adjacent to an activating group) is 1. The first-order valence-electron chi connectivity index (χ1n) is 21.0. The predicted molar refractivity (Wildman–Crippen MR) is 254 cm³/mol. The standard InChI is InChI=1S/C49H46ClFN10O4/c1-6-44(62)54-34-11-8-10-32(22-34)46-36(50)26-53-49(58-46)57-39-16-14-33(48(64)60-17-19-65-20-18-60)23-35(39)31-13-15-38(30(4)21-31)55-47-43-27-52-28-61(43)42-25-41(37(51)24-40(42)56-47)59(5)45(63)12-7-9-29(2)3/h6-8,10-16,21-29H,1,9,17-20H2,2-5H3,(H,54,62)(H,55,56)(H,53,57,58)/b12-7+. The number of imidazole rings is 1. The summed E-state index contributed by atoms with van der Waals surface area (Å²) >= 11 is 6.62. The second-order valence-corrected chi connectivity index (χ2v) is 16.3. The first-order chi connectivity index (χ1) is 31.4. The van der Waals surface area contributed by atoms with Crippen molar-refractivity contribution in [1.82, 2.24) is 29.2 Å². The van der Waals surface area contributed by atoms with Crippen LogP contribution in [0.2, 0.25) is 5.02 Å². The minimum atomic E-state index is -0.591. The summed E-state index contributed by atoms with van der Waals surface area (Å²) in [5.74, 6) is -0.303. The van der Waals surface area contributed by atoms with Crippen molar-refractivity contribution in [2.24, 2.45) is 5.92 Å². The molecule has 1 aliphatic heterocycles. The van der Waals surface area contributed by atoms with Gasteiger partial charge in [0.05, 0.1) is 59.4 Å². The van der Waals surface area contributed by atoms with E-state index >= 15 is 4.39 Å². The Balaban J connectivity index is 1.12. The maximum absolute atomic E-state index is 15.7. The molecule has 0 aliphatic carbocycles. The molecule has 1 aliphatic rings. The molecule has 1 saturated heterocycles. The van der Waals surface area contributed by atoms with E-state index in [4.69, 9.17) is 26.3 Å². The van der Waals surface area contributed by atoms with E-state index in [0.29, 0.717) is 93.4 Å². The SMILES string of the molecule is C=CC(=O)Nc1cccc(-c2nc(Nc3ccc(C(=O)N4CCOCC4)cc3-c3ccc(Nc4nc5cc(F)c(N(C)C(=O)/C=C/CC(C)C)cc5n5cncc45)c(C)c3)ncc2Cl)c1. The average Bonchev–Trinajstić information content (AvgIpc) is 3.81. The molecule has 3 N–H and O–H groups in total. The number of benzene rings is 4. The molecule has 0 saturated carbocycles. The zero-order valence-electron chi connectivity index (χ0n) is 36.2. The highest BCUT2D eigenvalue weighted by atomic mass is 35.5. The number of morpholine rings is 1. The maximum Gasteiger partial charge on any atom is 0.254 e. The molecular formula is C49H46ClFN10O4. The van der Waals surface area contributed by atoms with Gasteiger partial charge >= 0.3 is 0 Å². The van der Waals surface area contributed by atoms with Crippen molar-refractivity contribution in [2.75, 3.05) is 54.2 Å². The number of rotatable bonds is 13. The summed E-state index contributed by atoms with van der Waals surface area (Å²) in [6, 6.07) is 21.3. The third kappa shape index (κ3) is 9.71. The molecule has 3 amide bonds. The third-order valence-corrected chi connectivity index (χ3v) is 11.2. The van der Waals surface area contributed by atoms with E-state index in [-0.39, 0.29) is 29.4 Å². The van der Waals surface area contributed by atoms with Gasteiger partial charge in [-0.3, -0.25) is 18.8 Å². The fourth-order valence-electron chi connectivity index (χ4n) is 7.44. The molecule has 16 heteroatoms. The summed E-state index contributed by atoms with van der Waals surface area (Å²) < 4.78 is 23.0. The van der Waals surface area contributed by atoms with Gasteiger partial charge in [0.1, 0.15) is 11.3 Å². The van der Waals surface area contributed by atoms with Crippen LogP contribution in [0.25, 0.3) is 38.9 Å². The Kier molecular flexibility index (Phi) is 13.0. The molecule has 0 bridgehead atoms. The van der Waals surface area contributed by atoms with Gasteiger partial charge in [-0.15, -0.1) is 0 Å². The van der Waals surface area contributed by atoms with Gasteiger partial charge in [-0.05, 0) is 91.1 Å². The number of halogens is 2. The summed E-state index contributed by atoms with van der Waals surface area (Å²) in [7, 11) is 1.54. The van der Waals surface area contributed by atoms with Gasteiger partial charge in [0.2, 0.25) is 17.8 Å². The number of aryl methyl sites for hydroxylation is 1. The van der Waals surface area contributed by atoms with E-state index < -0.39 is 5.82 Å². The fourth-order valence-corrected chi connectivity index (χ4v) is 7.64. The second kappa shape index (κ2) is 19.1. The number of ether oxygens (including phenoxy) is 1. The van der Waals surface area contributed by atoms with Crippen molar-refractivity contribution in [2.45, 2.75) is 27.2 Å². The Bertz CT molecular complexity index is 3020. The Morgan fingerprint density at radius 1 is 0.954 bits per heavy atom. The second-order valence-electron chi connectivity index (χ2n) is 15.9. The monoisotopic (exact) mass is 892 g/mol. The van der Waals surface area contributed by atoms with Gasteiger partial charge in [-0.2, -0.15) is 0 Å². The molecule has 7 aromatic rings. The molecule has 1 fully saturated rings. The Hall–Kier alpha value is -7.49. The van der Waals surface area contributed by atoms with Crippen LogP contribution in [-0.4, -0.2) is 80.3 Å². The molecule has 0 unspecified atom stereocenters. The summed E-state index contributed by atoms with van der Waals surface area (Å²) in [6.45, 7) is 11.5. The zero-order valence-corrected chi connectivity index (χ0v) is 37.0. The molecule has 8 rings (SSSR count). The van der Waals surface area contributed by atoms with E-state index in [9.17, 15) is 14.4 Å². The average molecular weight is 893 g/mol. The van der Waals surface area contributed by atoms with Gasteiger partial charge in [0, 0.05) is 60.0 Å². The van der Waals surface area contributed by atoms with Gasteiger partial charge in [0.15, 0.2) is 5.82 Å². The number of allylic oxidation sites excluding steroid dienone is 1. The van der Waals surface area contributed by atoms with E-state index in [1.165, 1.54) is 29.3 Å². The Morgan fingerprint density at radius 2 is 1.75 bits per heavy atom. The highest BCUT2D eigenvalue weighted by Crippen LogP contribution is 2.37. The van der Waals surface area contributed by atoms with E-state index in [2.05, 4.69) is 46.3 Å². The van der Waals surface area contributed by atoms with E-state index in [1.54, 1.807) is 65.3 Å². The van der Waals surface area contributed by atoms with Gasteiger partial charge in [-0.1, -0.05) is 56.3 Å². The van der Waals surface area contributed by atoms with E-state index in [0.717, 1.165) is 23.2 Å². The van der Waals surface area contributed by atoms with Crippen molar-refractivity contribution >= 4 is 80.4 Å². The van der Waals surface area contributed by atoms with E-state index in [1.807, 2.05) is 43.3 Å². The summed E-state index contributed by atoms with van der Waals surface area (Å²) in [6.07, 6.45) is 9.99. The van der Waals surface area contributed by atoms with Gasteiger partial charge in [-0.25, -0.2) is 24.3 Å². The topological polar surface area (TPSA) is 159 Å². The Morgan fingerprint density at radius 3 is 2.52 bits per heavy atom. The molecule has 330 valence electrons. The molecular weight excluding hydrogens is 847 g/mol. The van der Waals surface area contributed by atoms with Crippen LogP contribution in [0.3, 0.4) is 0 Å². The molecule has 14 nitrogen and oxygen atoms in total. The molecule has 0 spiro atoms. The molecule has 65 heavy (non-hydrogen) atoms. The molecule has 4 aromatic carbocycles. The van der Waals surface area contributed by atoms with Crippen molar-refractivity contribution in [3.63, 3.8) is 0 Å². The number of aromatic nitrogens is 5. The molecule has 0 atom stereocenters. The first-order valence-corrected chi connectivity index (χ1v) is 21.4. The normalized spacial score (nSPS) is 12.8. The number of carbonyl (C=O) groups excluding carboxylic acids is 3. The lowest BCUT2D eigenvalue weighted by molar-refractivity contribution is -0.114. The maximum atomic E-state index is 15.7. The van der Waals surface area contributed by atoms with Crippen LogP contribution in [0.1, 0.15) is 36.2 Å². The van der Waals surface area contributed by atoms with Gasteiger partial charge < -0.3 is 30.5 Å². The summed E-state index contributed by atoms with van der Waals surface area (Å²) in [5.41, 5.74) is 7.54. The number of nitrogens with zero attached hydrogens (tertiary/aromatic N) is 7. The zero-order chi connectivity index (χ0) is 45.8. The number of fused-ring (bicyclic) bond motifs is 3. The van der Waals surface area contributed by atoms with Crippen molar-refractivity contribution in [3.05, 3.63) is 138 Å². The highest BCUT2D eigenvalue weighted by Gasteiger charge is 2.22. The first kappa shape index (κ1) is 44.1. The largest absolute Gasteiger partial charge is 0.378 e. The fraction of sp³-hybridized carbons (Fsp3) is 0.204. The predicted octanol–water partition coefficient (Wildman–Crippen LogP) is 9.76. The lowest BCUT2D eigenvalue weighted by Crippen LogP contribution is -2.40. The number of hydrogen-bond donors (Lipinski definition) is 3. The minimum absolute atomic E-state index is 0.114. The number of amides is 3. The van der Waals surface area contributed by atoms with Crippen molar-refractivity contribution in [1.29, 1.82) is 0 Å². The summed E-state index contributed by atoms with van der Waals surface area (Å²) in [5, 5.41) is 9.85. The quantitative estimate of drug-likeness (QED) is 0.0952. The highest BCUT2D eigenvalue weighted by molar-refractivity contribution is 6.33. The smallest absolute Gasteiger partial charge is 0.254 e. The summed E-state index contributed by atoms with van der Waals surface area (Å²) in [4.78, 5) is 60.2. The van der Waals surface area contributed by atoms with Crippen LogP contribution in [0.15, 0.2) is 116 Å². The van der Waals surface area contributed by atoms with Crippen LogP contribution >= 0.6 is 11.6 Å². The number of nitrogens with one attached hydrogen (secondary N) is 3. The van der Waals surface area contributed by atoms with Crippen molar-refractivity contribution < 1.29 is 23.5 Å². The lowest BCUT2D eigenvalue weighted by Gasteiger charge is -2.27. The van der Waals surface area contributed by atoms with Crippen LogP contribution in [0.5, 0.6) is 0 Å². The van der Waals surface area contributed by atoms with Crippen LogP contribution in [-0.2, 0) is 14.3 Å². The van der Waals surface area contributed by atoms with Gasteiger partial charge in [0.25, 0.3) is 5.91 Å². The number of carbonyl (C=O) groups is 3. The third-order valence-electron chi connectivity index (χ3n) is 10.9. The van der Waals surface area contributed by atoms with Crippen LogP contribution in [0, 0.1) is 18.7 Å². The molecule has 3 aromatic heterocycles.